The van der Waals surface area contributed by atoms with Crippen molar-refractivity contribution in [2.75, 3.05) is 0 Å². The summed E-state index contributed by atoms with van der Waals surface area (Å²) < 4.78 is 0. The summed E-state index contributed by atoms with van der Waals surface area (Å²) in [5, 5.41) is 9.18. The predicted molar refractivity (Wildman–Crippen MR) is 46.7 cm³/mol. The number of halogens is 1. The molecule has 12 heavy (non-hydrogen) atoms. The largest absolute Gasteiger partial charge is 0.259 e. The van der Waals surface area contributed by atoms with E-state index in [4.69, 9.17) is 16.9 Å². The average Bonchev–Trinajstić information content (AvgIpc) is 2.53. The summed E-state index contributed by atoms with van der Waals surface area (Å²) in [6, 6.07) is 2.00. The molecule has 2 rings (SSSR count). The fourth-order valence-corrected chi connectivity index (χ4v) is 1.50. The molecule has 58 valence electrons. The molecule has 1 heterocycles. The summed E-state index contributed by atoms with van der Waals surface area (Å²) >= 11 is 5.94. The zero-order chi connectivity index (χ0) is 8.55. The molecular formula is C9H5ClN2. The van der Waals surface area contributed by atoms with Crippen molar-refractivity contribution < 1.29 is 0 Å². The maximum atomic E-state index is 8.65. The Labute approximate surface area is 75.1 Å². The van der Waals surface area contributed by atoms with Crippen molar-refractivity contribution in [2.24, 2.45) is 0 Å². The lowest BCUT2D eigenvalue weighted by atomic mass is 10.2. The molecule has 0 unspecified atom stereocenters. The molecule has 0 spiro atoms. The van der Waals surface area contributed by atoms with Crippen LogP contribution in [0.2, 0.25) is 5.02 Å². The van der Waals surface area contributed by atoms with Crippen molar-refractivity contribution in [1.82, 2.24) is 4.98 Å². The SMILES string of the molecule is N#Cc1cnc2c(c1Cl)C=CC2. The van der Waals surface area contributed by atoms with Crippen molar-refractivity contribution in [3.63, 3.8) is 0 Å². The molecular weight excluding hydrogens is 172 g/mol. The Kier molecular flexibility index (Phi) is 1.60. The molecule has 0 saturated carbocycles. The molecule has 0 fully saturated rings. The first-order chi connectivity index (χ1) is 5.83. The van der Waals surface area contributed by atoms with Crippen LogP contribution in [0.1, 0.15) is 16.8 Å². The lowest BCUT2D eigenvalue weighted by molar-refractivity contribution is 1.12. The van der Waals surface area contributed by atoms with Crippen LogP contribution in [0.25, 0.3) is 6.08 Å². The van der Waals surface area contributed by atoms with Gasteiger partial charge in [0.15, 0.2) is 0 Å². The fourth-order valence-electron chi connectivity index (χ4n) is 1.24. The van der Waals surface area contributed by atoms with Crippen molar-refractivity contribution in [3.8, 4) is 6.07 Å². The molecule has 1 aromatic heterocycles. The second-order valence-electron chi connectivity index (χ2n) is 2.56. The van der Waals surface area contributed by atoms with E-state index in [1.807, 2.05) is 18.2 Å². The van der Waals surface area contributed by atoms with E-state index in [0.29, 0.717) is 10.6 Å². The van der Waals surface area contributed by atoms with Gasteiger partial charge in [-0.2, -0.15) is 5.26 Å². The van der Waals surface area contributed by atoms with Gasteiger partial charge in [-0.1, -0.05) is 23.8 Å². The molecule has 1 aromatic rings. The van der Waals surface area contributed by atoms with Crippen LogP contribution in [0.4, 0.5) is 0 Å². The normalized spacial score (nSPS) is 12.7. The van der Waals surface area contributed by atoms with Gasteiger partial charge >= 0.3 is 0 Å². The minimum absolute atomic E-state index is 0.446. The Morgan fingerprint density at radius 2 is 2.42 bits per heavy atom. The van der Waals surface area contributed by atoms with Crippen LogP contribution in [0.5, 0.6) is 0 Å². The van der Waals surface area contributed by atoms with Gasteiger partial charge in [-0.3, -0.25) is 4.98 Å². The van der Waals surface area contributed by atoms with Gasteiger partial charge in [-0.15, -0.1) is 0 Å². The van der Waals surface area contributed by atoms with Crippen LogP contribution in [-0.2, 0) is 6.42 Å². The molecule has 0 aliphatic heterocycles. The van der Waals surface area contributed by atoms with E-state index in [2.05, 4.69) is 4.98 Å². The quantitative estimate of drug-likeness (QED) is 0.608. The second kappa shape index (κ2) is 2.62. The van der Waals surface area contributed by atoms with Crippen molar-refractivity contribution in [2.45, 2.75) is 6.42 Å². The molecule has 0 aromatic carbocycles. The van der Waals surface area contributed by atoms with Gasteiger partial charge in [0.25, 0.3) is 0 Å². The van der Waals surface area contributed by atoms with Crippen LogP contribution in [0.3, 0.4) is 0 Å². The number of pyridine rings is 1. The van der Waals surface area contributed by atoms with E-state index in [-0.39, 0.29) is 0 Å². The lowest BCUT2D eigenvalue weighted by Crippen LogP contribution is -1.91. The molecule has 0 radical (unpaired) electrons. The summed E-state index contributed by atoms with van der Waals surface area (Å²) in [5.41, 5.74) is 2.30. The number of hydrogen-bond donors (Lipinski definition) is 0. The topological polar surface area (TPSA) is 36.7 Å². The van der Waals surface area contributed by atoms with Crippen molar-refractivity contribution in [3.05, 3.63) is 34.1 Å². The van der Waals surface area contributed by atoms with Gasteiger partial charge in [0, 0.05) is 18.2 Å². The van der Waals surface area contributed by atoms with Gasteiger partial charge in [0.05, 0.1) is 16.3 Å². The molecule has 0 N–H and O–H groups in total. The first-order valence-corrected chi connectivity index (χ1v) is 3.94. The average molecular weight is 177 g/mol. The molecule has 0 amide bonds. The molecule has 1 aliphatic carbocycles. The van der Waals surface area contributed by atoms with E-state index in [9.17, 15) is 0 Å². The summed E-state index contributed by atoms with van der Waals surface area (Å²) in [5.74, 6) is 0. The molecule has 0 atom stereocenters. The number of hydrogen-bond acceptors (Lipinski definition) is 2. The van der Waals surface area contributed by atoms with E-state index >= 15 is 0 Å². The van der Waals surface area contributed by atoms with E-state index in [1.165, 1.54) is 6.20 Å². The van der Waals surface area contributed by atoms with E-state index < -0.39 is 0 Å². The van der Waals surface area contributed by atoms with Gasteiger partial charge in [0.1, 0.15) is 6.07 Å². The third-order valence-electron chi connectivity index (χ3n) is 1.85. The van der Waals surface area contributed by atoms with Gasteiger partial charge in [-0.25, -0.2) is 0 Å². The first-order valence-electron chi connectivity index (χ1n) is 3.57. The van der Waals surface area contributed by atoms with Crippen LogP contribution in [0, 0.1) is 11.3 Å². The molecule has 0 saturated heterocycles. The highest BCUT2D eigenvalue weighted by Crippen LogP contribution is 2.27. The number of nitriles is 1. The maximum absolute atomic E-state index is 8.65. The van der Waals surface area contributed by atoms with E-state index in [1.54, 1.807) is 0 Å². The van der Waals surface area contributed by atoms with Gasteiger partial charge in [-0.05, 0) is 0 Å². The maximum Gasteiger partial charge on any atom is 0.102 e. The Morgan fingerprint density at radius 1 is 1.58 bits per heavy atom. The fraction of sp³-hybridized carbons (Fsp3) is 0.111. The van der Waals surface area contributed by atoms with Gasteiger partial charge < -0.3 is 0 Å². The monoisotopic (exact) mass is 176 g/mol. The number of aromatic nitrogens is 1. The van der Waals surface area contributed by atoms with Crippen LogP contribution in [0.15, 0.2) is 12.3 Å². The Morgan fingerprint density at radius 3 is 3.17 bits per heavy atom. The number of allylic oxidation sites excluding steroid dienone is 1. The molecule has 2 nitrogen and oxygen atoms in total. The van der Waals surface area contributed by atoms with Crippen LogP contribution >= 0.6 is 11.6 Å². The minimum atomic E-state index is 0.446. The highest BCUT2D eigenvalue weighted by molar-refractivity contribution is 6.33. The lowest BCUT2D eigenvalue weighted by Gasteiger charge is -2.00. The molecule has 0 bridgehead atoms. The van der Waals surface area contributed by atoms with Gasteiger partial charge in [0.2, 0.25) is 0 Å². The second-order valence-corrected chi connectivity index (χ2v) is 2.94. The van der Waals surface area contributed by atoms with Crippen molar-refractivity contribution in [1.29, 1.82) is 5.26 Å². The highest BCUT2D eigenvalue weighted by Gasteiger charge is 2.13. The Bertz CT molecular complexity index is 402. The number of rotatable bonds is 0. The predicted octanol–water partition coefficient (Wildman–Crippen LogP) is 2.18. The Hall–Kier alpha value is -1.33. The number of nitrogens with zero attached hydrogens (tertiary/aromatic N) is 2. The number of fused-ring (bicyclic) bond motifs is 1. The zero-order valence-electron chi connectivity index (χ0n) is 6.21. The summed E-state index contributed by atoms with van der Waals surface area (Å²) in [6.07, 6.45) is 6.24. The third kappa shape index (κ3) is 0.910. The zero-order valence-corrected chi connectivity index (χ0v) is 6.97. The standard InChI is InChI=1S/C9H5ClN2/c10-9-6(4-11)5-12-8-3-1-2-7(8)9/h1-2,5H,3H2. The molecule has 1 aliphatic rings. The van der Waals surface area contributed by atoms with Crippen LogP contribution < -0.4 is 0 Å². The van der Waals surface area contributed by atoms with E-state index in [0.717, 1.165) is 17.7 Å². The smallest absolute Gasteiger partial charge is 0.102 e. The molecule has 3 heteroatoms. The summed E-state index contributed by atoms with van der Waals surface area (Å²) in [4.78, 5) is 4.12. The van der Waals surface area contributed by atoms with Crippen molar-refractivity contribution >= 4 is 17.7 Å². The van der Waals surface area contributed by atoms with Crippen LogP contribution in [-0.4, -0.2) is 4.98 Å². The summed E-state index contributed by atoms with van der Waals surface area (Å²) in [6.45, 7) is 0. The highest BCUT2D eigenvalue weighted by atomic mass is 35.5. The summed E-state index contributed by atoms with van der Waals surface area (Å²) in [7, 11) is 0. The minimum Gasteiger partial charge on any atom is -0.259 e. The Balaban J connectivity index is 2.70. The third-order valence-corrected chi connectivity index (χ3v) is 2.26. The first kappa shape index (κ1) is 7.33.